The predicted octanol–water partition coefficient (Wildman–Crippen LogP) is 3.26. The van der Waals surface area contributed by atoms with Crippen molar-refractivity contribution in [3.8, 4) is 0 Å². The highest BCUT2D eigenvalue weighted by molar-refractivity contribution is 5.35. The Kier molecular flexibility index (Phi) is 4.19. The fourth-order valence-electron chi connectivity index (χ4n) is 2.58. The summed E-state index contributed by atoms with van der Waals surface area (Å²) in [6.07, 6.45) is 4.96. The van der Waals surface area contributed by atoms with Crippen molar-refractivity contribution in [1.29, 1.82) is 0 Å². The Labute approximate surface area is 104 Å². The van der Waals surface area contributed by atoms with E-state index < -0.39 is 0 Å². The molecule has 1 aromatic rings. The van der Waals surface area contributed by atoms with E-state index in [9.17, 15) is 0 Å². The number of benzene rings is 1. The monoisotopic (exact) mass is 233 g/mol. The van der Waals surface area contributed by atoms with Gasteiger partial charge in [0.15, 0.2) is 0 Å². The molecule has 0 saturated carbocycles. The Morgan fingerprint density at radius 1 is 1.35 bits per heavy atom. The Hall–Kier alpha value is -0.860. The Bertz CT molecular complexity index is 369. The lowest BCUT2D eigenvalue weighted by atomic mass is 9.93. The molecule has 0 amide bonds. The third-order valence-electron chi connectivity index (χ3n) is 3.84. The average molecular weight is 233 g/mol. The second-order valence-corrected chi connectivity index (χ2v) is 5.12. The minimum atomic E-state index is 0.109. The predicted molar refractivity (Wildman–Crippen MR) is 71.1 cm³/mol. The molecule has 17 heavy (non-hydrogen) atoms. The second-order valence-electron chi connectivity index (χ2n) is 5.12. The molecule has 2 unspecified atom stereocenters. The van der Waals surface area contributed by atoms with Crippen LogP contribution >= 0.6 is 0 Å². The van der Waals surface area contributed by atoms with Gasteiger partial charge >= 0.3 is 0 Å². The van der Waals surface area contributed by atoms with Crippen molar-refractivity contribution in [3.63, 3.8) is 0 Å². The quantitative estimate of drug-likeness (QED) is 0.869. The van der Waals surface area contributed by atoms with E-state index in [2.05, 4.69) is 32.0 Å². The number of ether oxygens (including phenoxy) is 1. The zero-order valence-corrected chi connectivity index (χ0v) is 10.9. The van der Waals surface area contributed by atoms with Crippen LogP contribution in [0.2, 0.25) is 0 Å². The molecule has 0 radical (unpaired) electrons. The lowest BCUT2D eigenvalue weighted by molar-refractivity contribution is 0.00726. The molecule has 1 fully saturated rings. The first-order chi connectivity index (χ1) is 8.18. The summed E-state index contributed by atoms with van der Waals surface area (Å²) in [6, 6.07) is 6.50. The van der Waals surface area contributed by atoms with Gasteiger partial charge in [0, 0.05) is 12.6 Å². The van der Waals surface area contributed by atoms with Gasteiger partial charge in [-0.2, -0.15) is 0 Å². The number of hydrogen-bond acceptors (Lipinski definition) is 2. The van der Waals surface area contributed by atoms with Gasteiger partial charge in [0.1, 0.15) is 0 Å². The summed E-state index contributed by atoms with van der Waals surface area (Å²) >= 11 is 0. The fraction of sp³-hybridized carbons (Fsp3) is 0.600. The van der Waals surface area contributed by atoms with Gasteiger partial charge in [0.25, 0.3) is 0 Å². The SMILES string of the molecule is Cc1cccc(C(N)CC2CCCCO2)c1C. The highest BCUT2D eigenvalue weighted by atomic mass is 16.5. The summed E-state index contributed by atoms with van der Waals surface area (Å²) < 4.78 is 5.76. The van der Waals surface area contributed by atoms with E-state index in [0.717, 1.165) is 13.0 Å². The minimum absolute atomic E-state index is 0.109. The molecule has 1 saturated heterocycles. The second kappa shape index (κ2) is 5.65. The molecule has 0 aromatic heterocycles. The van der Waals surface area contributed by atoms with E-state index in [1.165, 1.54) is 36.0 Å². The third kappa shape index (κ3) is 3.08. The molecule has 2 atom stereocenters. The molecule has 0 aliphatic carbocycles. The first-order valence-electron chi connectivity index (χ1n) is 6.62. The highest BCUT2D eigenvalue weighted by Crippen LogP contribution is 2.26. The lowest BCUT2D eigenvalue weighted by Gasteiger charge is -2.26. The van der Waals surface area contributed by atoms with E-state index in [4.69, 9.17) is 10.5 Å². The smallest absolute Gasteiger partial charge is 0.0593 e. The Morgan fingerprint density at radius 3 is 2.88 bits per heavy atom. The third-order valence-corrected chi connectivity index (χ3v) is 3.84. The standard InChI is InChI=1S/C15H23NO/c1-11-6-5-8-14(12(11)2)15(16)10-13-7-3-4-9-17-13/h5-6,8,13,15H,3-4,7,9-10,16H2,1-2H3. The lowest BCUT2D eigenvalue weighted by Crippen LogP contribution is -2.25. The Morgan fingerprint density at radius 2 is 2.18 bits per heavy atom. The number of nitrogens with two attached hydrogens (primary N) is 1. The van der Waals surface area contributed by atoms with Crippen LogP contribution in [0.25, 0.3) is 0 Å². The van der Waals surface area contributed by atoms with Gasteiger partial charge in [-0.1, -0.05) is 18.2 Å². The summed E-state index contributed by atoms with van der Waals surface area (Å²) in [5, 5.41) is 0. The summed E-state index contributed by atoms with van der Waals surface area (Å²) in [5.74, 6) is 0. The maximum Gasteiger partial charge on any atom is 0.0593 e. The zero-order valence-electron chi connectivity index (χ0n) is 10.9. The maximum atomic E-state index is 6.32. The Balaban J connectivity index is 2.03. The van der Waals surface area contributed by atoms with Crippen LogP contribution in [-0.2, 0) is 4.74 Å². The molecular weight excluding hydrogens is 210 g/mol. The van der Waals surface area contributed by atoms with Crippen molar-refractivity contribution in [2.45, 2.75) is 51.7 Å². The first-order valence-corrected chi connectivity index (χ1v) is 6.62. The zero-order chi connectivity index (χ0) is 12.3. The van der Waals surface area contributed by atoms with Crippen molar-refractivity contribution >= 4 is 0 Å². The minimum Gasteiger partial charge on any atom is -0.378 e. The van der Waals surface area contributed by atoms with Gasteiger partial charge in [-0.3, -0.25) is 0 Å². The van der Waals surface area contributed by atoms with Gasteiger partial charge in [0.2, 0.25) is 0 Å². The van der Waals surface area contributed by atoms with Crippen LogP contribution in [0, 0.1) is 13.8 Å². The molecule has 1 aliphatic rings. The molecule has 1 aliphatic heterocycles. The molecule has 0 bridgehead atoms. The van der Waals surface area contributed by atoms with Crippen molar-refractivity contribution < 1.29 is 4.74 Å². The van der Waals surface area contributed by atoms with E-state index in [1.807, 2.05) is 0 Å². The molecule has 2 nitrogen and oxygen atoms in total. The average Bonchev–Trinajstić information content (AvgIpc) is 2.34. The van der Waals surface area contributed by atoms with Crippen LogP contribution in [-0.4, -0.2) is 12.7 Å². The first kappa shape index (κ1) is 12.6. The summed E-state index contributed by atoms with van der Waals surface area (Å²) in [5.41, 5.74) is 10.2. The van der Waals surface area contributed by atoms with Gasteiger partial charge in [0.05, 0.1) is 6.10 Å². The summed E-state index contributed by atoms with van der Waals surface area (Å²) in [4.78, 5) is 0. The van der Waals surface area contributed by atoms with Crippen LogP contribution in [0.3, 0.4) is 0 Å². The molecular formula is C15H23NO. The van der Waals surface area contributed by atoms with E-state index in [0.29, 0.717) is 6.10 Å². The van der Waals surface area contributed by atoms with E-state index in [1.54, 1.807) is 0 Å². The van der Waals surface area contributed by atoms with Crippen LogP contribution in [0.4, 0.5) is 0 Å². The van der Waals surface area contributed by atoms with Crippen LogP contribution in [0.5, 0.6) is 0 Å². The van der Waals surface area contributed by atoms with Gasteiger partial charge < -0.3 is 10.5 Å². The van der Waals surface area contributed by atoms with Crippen LogP contribution < -0.4 is 5.73 Å². The van der Waals surface area contributed by atoms with Crippen molar-refractivity contribution in [2.75, 3.05) is 6.61 Å². The molecule has 2 rings (SSSR count). The van der Waals surface area contributed by atoms with Gasteiger partial charge in [-0.25, -0.2) is 0 Å². The number of hydrogen-bond donors (Lipinski definition) is 1. The van der Waals surface area contributed by atoms with Gasteiger partial charge in [-0.05, 0) is 56.2 Å². The van der Waals surface area contributed by atoms with Gasteiger partial charge in [-0.15, -0.1) is 0 Å². The van der Waals surface area contributed by atoms with E-state index in [-0.39, 0.29) is 6.04 Å². The number of rotatable bonds is 3. The van der Waals surface area contributed by atoms with Crippen LogP contribution in [0.1, 0.15) is 48.4 Å². The largest absolute Gasteiger partial charge is 0.378 e. The maximum absolute atomic E-state index is 6.32. The van der Waals surface area contributed by atoms with Crippen molar-refractivity contribution in [3.05, 3.63) is 34.9 Å². The summed E-state index contributed by atoms with van der Waals surface area (Å²) in [6.45, 7) is 5.21. The fourth-order valence-corrected chi connectivity index (χ4v) is 2.58. The van der Waals surface area contributed by atoms with Crippen molar-refractivity contribution in [1.82, 2.24) is 0 Å². The molecule has 94 valence electrons. The summed E-state index contributed by atoms with van der Waals surface area (Å²) in [7, 11) is 0. The topological polar surface area (TPSA) is 35.2 Å². The molecule has 1 heterocycles. The highest BCUT2D eigenvalue weighted by Gasteiger charge is 2.19. The molecule has 1 aromatic carbocycles. The number of aryl methyl sites for hydroxylation is 1. The molecule has 2 N–H and O–H groups in total. The molecule has 0 spiro atoms. The van der Waals surface area contributed by atoms with Crippen molar-refractivity contribution in [2.24, 2.45) is 5.73 Å². The molecule has 2 heteroatoms. The van der Waals surface area contributed by atoms with Crippen LogP contribution in [0.15, 0.2) is 18.2 Å². The van der Waals surface area contributed by atoms with E-state index >= 15 is 0 Å². The normalized spacial score (nSPS) is 22.4.